The highest BCUT2D eigenvalue weighted by molar-refractivity contribution is 7.09. The molecule has 0 bridgehead atoms. The van der Waals surface area contributed by atoms with Crippen LogP contribution in [-0.4, -0.2) is 23.5 Å². The quantitative estimate of drug-likeness (QED) is 0.769. The average molecular weight is 347 g/mol. The van der Waals surface area contributed by atoms with Crippen LogP contribution in [0.5, 0.6) is 5.75 Å². The van der Waals surface area contributed by atoms with Gasteiger partial charge in [-0.05, 0) is 38.4 Å². The summed E-state index contributed by atoms with van der Waals surface area (Å²) < 4.78 is 5.97. The third-order valence-corrected chi connectivity index (χ3v) is 4.62. The number of nitrogens with zero attached hydrogens (tertiary/aromatic N) is 1. The van der Waals surface area contributed by atoms with Gasteiger partial charge in [0.2, 0.25) is 0 Å². The molecule has 5 nitrogen and oxygen atoms in total. The molecule has 0 fully saturated rings. The molecule has 0 spiro atoms. The molecular weight excluding hydrogens is 322 g/mol. The first-order valence-electron chi connectivity index (χ1n) is 8.22. The van der Waals surface area contributed by atoms with Gasteiger partial charge in [-0.2, -0.15) is 0 Å². The van der Waals surface area contributed by atoms with Gasteiger partial charge in [-0.1, -0.05) is 19.1 Å². The number of nitrogens with one attached hydrogen (secondary N) is 1. The smallest absolute Gasteiger partial charge is 0.271 e. The molecule has 0 radical (unpaired) electrons. The number of ether oxygens (including phenoxy) is 1. The SMILES string of the molecule is CCC(C)Oc1cc(C)ccc1CNC(=O)c1csc(CCN)n1. The molecule has 1 atom stereocenters. The monoisotopic (exact) mass is 347 g/mol. The fourth-order valence-electron chi connectivity index (χ4n) is 2.14. The fourth-order valence-corrected chi connectivity index (χ4v) is 2.93. The molecule has 130 valence electrons. The maximum Gasteiger partial charge on any atom is 0.271 e. The summed E-state index contributed by atoms with van der Waals surface area (Å²) in [6, 6.07) is 6.03. The predicted molar refractivity (Wildman–Crippen MR) is 97.6 cm³/mol. The van der Waals surface area contributed by atoms with E-state index in [-0.39, 0.29) is 12.0 Å². The van der Waals surface area contributed by atoms with Crippen LogP contribution in [0.4, 0.5) is 0 Å². The van der Waals surface area contributed by atoms with Crippen LogP contribution in [0, 0.1) is 6.92 Å². The second kappa shape index (κ2) is 8.80. The summed E-state index contributed by atoms with van der Waals surface area (Å²) in [5.74, 6) is 0.649. The lowest BCUT2D eigenvalue weighted by atomic mass is 10.1. The van der Waals surface area contributed by atoms with Gasteiger partial charge in [0.05, 0.1) is 11.1 Å². The molecular formula is C18H25N3O2S. The van der Waals surface area contributed by atoms with Crippen molar-refractivity contribution < 1.29 is 9.53 Å². The number of nitrogens with two attached hydrogens (primary N) is 1. The third-order valence-electron chi connectivity index (χ3n) is 3.71. The van der Waals surface area contributed by atoms with Crippen LogP contribution in [0.25, 0.3) is 0 Å². The van der Waals surface area contributed by atoms with Gasteiger partial charge < -0.3 is 15.8 Å². The number of hydrogen-bond donors (Lipinski definition) is 2. The second-order valence-corrected chi connectivity index (χ2v) is 6.74. The van der Waals surface area contributed by atoms with Gasteiger partial charge in [0, 0.05) is 23.9 Å². The number of carbonyl (C=O) groups is 1. The van der Waals surface area contributed by atoms with Crippen molar-refractivity contribution in [3.8, 4) is 5.75 Å². The highest BCUT2D eigenvalue weighted by Crippen LogP contribution is 2.22. The normalized spacial score (nSPS) is 12.0. The van der Waals surface area contributed by atoms with Crippen LogP contribution < -0.4 is 15.8 Å². The van der Waals surface area contributed by atoms with Gasteiger partial charge in [-0.3, -0.25) is 4.79 Å². The summed E-state index contributed by atoms with van der Waals surface area (Å²) in [6.07, 6.45) is 1.77. The maximum absolute atomic E-state index is 12.3. The van der Waals surface area contributed by atoms with Crippen LogP contribution in [-0.2, 0) is 13.0 Å². The summed E-state index contributed by atoms with van der Waals surface area (Å²) in [4.78, 5) is 16.6. The molecule has 1 unspecified atom stereocenters. The molecule has 1 aromatic carbocycles. The van der Waals surface area contributed by atoms with Crippen LogP contribution in [0.15, 0.2) is 23.6 Å². The van der Waals surface area contributed by atoms with Gasteiger partial charge in [-0.15, -0.1) is 11.3 Å². The molecule has 1 aromatic heterocycles. The van der Waals surface area contributed by atoms with E-state index in [0.717, 1.165) is 28.3 Å². The summed E-state index contributed by atoms with van der Waals surface area (Å²) in [6.45, 7) is 7.10. The van der Waals surface area contributed by atoms with E-state index >= 15 is 0 Å². The van der Waals surface area contributed by atoms with Crippen molar-refractivity contribution in [3.05, 3.63) is 45.4 Å². The summed E-state index contributed by atoms with van der Waals surface area (Å²) in [7, 11) is 0. The van der Waals surface area contributed by atoms with E-state index < -0.39 is 0 Å². The fraction of sp³-hybridized carbons (Fsp3) is 0.444. The van der Waals surface area contributed by atoms with E-state index in [1.807, 2.05) is 32.0 Å². The van der Waals surface area contributed by atoms with Crippen molar-refractivity contribution in [2.24, 2.45) is 5.73 Å². The van der Waals surface area contributed by atoms with Gasteiger partial charge in [0.25, 0.3) is 5.91 Å². The first-order chi connectivity index (χ1) is 11.5. The third kappa shape index (κ3) is 5.04. The van der Waals surface area contributed by atoms with Gasteiger partial charge in [-0.25, -0.2) is 4.98 Å². The van der Waals surface area contributed by atoms with E-state index in [2.05, 4.69) is 17.2 Å². The molecule has 0 saturated heterocycles. The van der Waals surface area contributed by atoms with Crippen LogP contribution in [0.1, 0.15) is 46.9 Å². The Hall–Kier alpha value is -1.92. The Bertz CT molecular complexity index is 685. The number of hydrogen-bond acceptors (Lipinski definition) is 5. The van der Waals surface area contributed by atoms with Gasteiger partial charge in [0.15, 0.2) is 0 Å². The highest BCUT2D eigenvalue weighted by Gasteiger charge is 2.13. The van der Waals surface area contributed by atoms with Gasteiger partial charge in [0.1, 0.15) is 11.4 Å². The second-order valence-electron chi connectivity index (χ2n) is 5.80. The Kier molecular flexibility index (Phi) is 6.75. The Labute approximate surface area is 147 Å². The largest absolute Gasteiger partial charge is 0.490 e. The summed E-state index contributed by atoms with van der Waals surface area (Å²) >= 11 is 1.46. The molecule has 2 aromatic rings. The molecule has 2 rings (SSSR count). The molecule has 0 aliphatic carbocycles. The van der Waals surface area contributed by atoms with E-state index in [0.29, 0.717) is 25.2 Å². The Morgan fingerprint density at radius 2 is 2.25 bits per heavy atom. The van der Waals surface area contributed by atoms with Crippen LogP contribution in [0.2, 0.25) is 0 Å². The average Bonchev–Trinajstić information content (AvgIpc) is 3.03. The Morgan fingerprint density at radius 1 is 1.46 bits per heavy atom. The van der Waals surface area contributed by atoms with E-state index in [1.165, 1.54) is 11.3 Å². The lowest BCUT2D eigenvalue weighted by Crippen LogP contribution is -2.24. The topological polar surface area (TPSA) is 77.2 Å². The zero-order valence-electron chi connectivity index (χ0n) is 14.5. The Morgan fingerprint density at radius 3 is 2.96 bits per heavy atom. The maximum atomic E-state index is 12.3. The first kappa shape index (κ1) is 18.4. The molecule has 0 saturated carbocycles. The summed E-state index contributed by atoms with van der Waals surface area (Å²) in [5.41, 5.74) is 8.06. The molecule has 24 heavy (non-hydrogen) atoms. The minimum absolute atomic E-state index is 0.138. The minimum Gasteiger partial charge on any atom is -0.490 e. The highest BCUT2D eigenvalue weighted by atomic mass is 32.1. The van der Waals surface area contributed by atoms with Crippen molar-refractivity contribution in [1.29, 1.82) is 0 Å². The van der Waals surface area contributed by atoms with Crippen molar-refractivity contribution in [2.75, 3.05) is 6.54 Å². The minimum atomic E-state index is -0.176. The Balaban J connectivity index is 2.03. The molecule has 1 heterocycles. The van der Waals surface area contributed by atoms with E-state index in [9.17, 15) is 4.79 Å². The first-order valence-corrected chi connectivity index (χ1v) is 9.10. The molecule has 0 aliphatic heterocycles. The molecule has 0 aliphatic rings. The molecule has 6 heteroatoms. The zero-order chi connectivity index (χ0) is 17.5. The standard InChI is InChI=1S/C18H25N3O2S/c1-4-13(3)23-16-9-12(2)5-6-14(16)10-20-18(22)15-11-24-17(21-15)7-8-19/h5-6,9,11,13H,4,7-8,10,19H2,1-3H3,(H,20,22). The number of aromatic nitrogens is 1. The number of benzene rings is 1. The van der Waals surface area contributed by atoms with E-state index in [4.69, 9.17) is 10.5 Å². The number of rotatable bonds is 8. The van der Waals surface area contributed by atoms with E-state index in [1.54, 1.807) is 5.38 Å². The number of amides is 1. The summed E-state index contributed by atoms with van der Waals surface area (Å²) in [5, 5.41) is 5.57. The van der Waals surface area contributed by atoms with Gasteiger partial charge >= 0.3 is 0 Å². The zero-order valence-corrected chi connectivity index (χ0v) is 15.3. The molecule has 1 amide bonds. The van der Waals surface area contributed by atoms with Crippen molar-refractivity contribution >= 4 is 17.2 Å². The molecule has 3 N–H and O–H groups in total. The van der Waals surface area contributed by atoms with Crippen LogP contribution >= 0.6 is 11.3 Å². The number of aryl methyl sites for hydroxylation is 1. The van der Waals surface area contributed by atoms with Crippen molar-refractivity contribution in [2.45, 2.75) is 46.3 Å². The number of carbonyl (C=O) groups excluding carboxylic acids is 1. The van der Waals surface area contributed by atoms with Crippen LogP contribution in [0.3, 0.4) is 0 Å². The lowest BCUT2D eigenvalue weighted by Gasteiger charge is -2.17. The lowest BCUT2D eigenvalue weighted by molar-refractivity contribution is 0.0946. The van der Waals surface area contributed by atoms with Crippen molar-refractivity contribution in [1.82, 2.24) is 10.3 Å². The number of thiazole rings is 1. The predicted octanol–water partition coefficient (Wildman–Crippen LogP) is 3.06. The van der Waals surface area contributed by atoms with Crippen molar-refractivity contribution in [3.63, 3.8) is 0 Å².